The summed E-state index contributed by atoms with van der Waals surface area (Å²) in [5.41, 5.74) is 3.48. The van der Waals surface area contributed by atoms with Crippen molar-refractivity contribution in [3.8, 4) is 0 Å². The summed E-state index contributed by atoms with van der Waals surface area (Å²) in [6.45, 7) is 3.05. The molecular weight excluding hydrogens is 273 g/mol. The maximum Gasteiger partial charge on any atom is 0.123 e. The second kappa shape index (κ2) is 5.45. The van der Waals surface area contributed by atoms with E-state index in [-0.39, 0.29) is 5.82 Å². The molecular formula is C17H17ClFN. The van der Waals surface area contributed by atoms with Crippen molar-refractivity contribution in [2.75, 3.05) is 4.90 Å². The minimum Gasteiger partial charge on any atom is -0.364 e. The zero-order valence-electron chi connectivity index (χ0n) is 11.4. The number of rotatable bonds is 2. The first kappa shape index (κ1) is 13.4. The predicted octanol–water partition coefficient (Wildman–Crippen LogP) is 4.82. The van der Waals surface area contributed by atoms with Gasteiger partial charge in [-0.2, -0.15) is 0 Å². The van der Waals surface area contributed by atoms with Gasteiger partial charge in [0.1, 0.15) is 5.82 Å². The molecule has 0 aromatic heterocycles. The number of anilines is 1. The zero-order chi connectivity index (χ0) is 14.1. The zero-order valence-corrected chi connectivity index (χ0v) is 12.2. The quantitative estimate of drug-likeness (QED) is 0.766. The van der Waals surface area contributed by atoms with Crippen LogP contribution >= 0.6 is 11.6 Å². The van der Waals surface area contributed by atoms with E-state index in [9.17, 15) is 4.39 Å². The van der Waals surface area contributed by atoms with Gasteiger partial charge in [0.25, 0.3) is 0 Å². The summed E-state index contributed by atoms with van der Waals surface area (Å²) in [7, 11) is 0. The van der Waals surface area contributed by atoms with Crippen LogP contribution < -0.4 is 4.90 Å². The van der Waals surface area contributed by atoms with Crippen LogP contribution in [0.5, 0.6) is 0 Å². The molecule has 3 rings (SSSR count). The Kier molecular flexibility index (Phi) is 3.66. The van der Waals surface area contributed by atoms with Crippen LogP contribution in [0.15, 0.2) is 42.5 Å². The largest absolute Gasteiger partial charge is 0.364 e. The normalized spacial score (nSPS) is 17.9. The third kappa shape index (κ3) is 2.66. The number of halogens is 2. The molecule has 2 aromatic carbocycles. The Hall–Kier alpha value is -1.54. The van der Waals surface area contributed by atoms with Gasteiger partial charge in [0.05, 0.1) is 0 Å². The molecule has 1 aliphatic rings. The van der Waals surface area contributed by atoms with Gasteiger partial charge in [-0.1, -0.05) is 23.7 Å². The van der Waals surface area contributed by atoms with E-state index in [1.165, 1.54) is 5.56 Å². The van der Waals surface area contributed by atoms with Gasteiger partial charge in [0.2, 0.25) is 0 Å². The SMILES string of the molecule is CC1CCc2cc(F)ccc2N1Cc1ccc(Cl)cc1. The summed E-state index contributed by atoms with van der Waals surface area (Å²) in [5, 5.41) is 0.753. The number of hydrogen-bond donors (Lipinski definition) is 0. The van der Waals surface area contributed by atoms with Crippen molar-refractivity contribution in [3.05, 3.63) is 64.4 Å². The fourth-order valence-electron chi connectivity index (χ4n) is 2.82. The van der Waals surface area contributed by atoms with Crippen LogP contribution in [0, 0.1) is 5.82 Å². The lowest BCUT2D eigenvalue weighted by molar-refractivity contribution is 0.554. The molecule has 0 saturated heterocycles. The summed E-state index contributed by atoms with van der Waals surface area (Å²) in [4.78, 5) is 2.35. The predicted molar refractivity (Wildman–Crippen MR) is 81.8 cm³/mol. The average Bonchev–Trinajstić information content (AvgIpc) is 2.44. The minimum atomic E-state index is -0.148. The highest BCUT2D eigenvalue weighted by molar-refractivity contribution is 6.30. The van der Waals surface area contributed by atoms with E-state index in [0.29, 0.717) is 6.04 Å². The molecule has 1 aliphatic heterocycles. The lowest BCUT2D eigenvalue weighted by Gasteiger charge is -2.37. The van der Waals surface area contributed by atoms with Crippen LogP contribution in [0.1, 0.15) is 24.5 Å². The smallest absolute Gasteiger partial charge is 0.123 e. The molecule has 3 heteroatoms. The minimum absolute atomic E-state index is 0.148. The van der Waals surface area contributed by atoms with E-state index in [4.69, 9.17) is 11.6 Å². The molecule has 0 bridgehead atoms. The fraction of sp³-hybridized carbons (Fsp3) is 0.294. The Morgan fingerprint density at radius 3 is 2.70 bits per heavy atom. The van der Waals surface area contributed by atoms with Crippen LogP contribution in [0.2, 0.25) is 5.02 Å². The third-order valence-electron chi connectivity index (χ3n) is 3.98. The maximum atomic E-state index is 13.4. The number of nitrogens with zero attached hydrogens (tertiary/aromatic N) is 1. The van der Waals surface area contributed by atoms with Gasteiger partial charge in [-0.05, 0) is 61.2 Å². The van der Waals surface area contributed by atoms with Gasteiger partial charge in [0, 0.05) is 23.3 Å². The van der Waals surface area contributed by atoms with Crippen molar-refractivity contribution in [2.45, 2.75) is 32.4 Å². The maximum absolute atomic E-state index is 13.4. The van der Waals surface area contributed by atoms with Crippen LogP contribution in [0.25, 0.3) is 0 Å². The highest BCUT2D eigenvalue weighted by atomic mass is 35.5. The Balaban J connectivity index is 1.91. The molecule has 104 valence electrons. The van der Waals surface area contributed by atoms with Crippen molar-refractivity contribution in [3.63, 3.8) is 0 Å². The van der Waals surface area contributed by atoms with E-state index < -0.39 is 0 Å². The number of hydrogen-bond acceptors (Lipinski definition) is 1. The Morgan fingerprint density at radius 2 is 1.95 bits per heavy atom. The van der Waals surface area contributed by atoms with Crippen LogP contribution in [-0.4, -0.2) is 6.04 Å². The first-order valence-corrected chi connectivity index (χ1v) is 7.31. The Morgan fingerprint density at radius 1 is 1.20 bits per heavy atom. The van der Waals surface area contributed by atoms with Crippen LogP contribution in [-0.2, 0) is 13.0 Å². The molecule has 20 heavy (non-hydrogen) atoms. The van der Waals surface area contributed by atoms with Gasteiger partial charge < -0.3 is 4.90 Å². The molecule has 0 saturated carbocycles. The van der Waals surface area contributed by atoms with E-state index in [1.54, 1.807) is 12.1 Å². The van der Waals surface area contributed by atoms with E-state index in [2.05, 4.69) is 11.8 Å². The number of aryl methyl sites for hydroxylation is 1. The van der Waals surface area contributed by atoms with Gasteiger partial charge >= 0.3 is 0 Å². The molecule has 0 aliphatic carbocycles. The lowest BCUT2D eigenvalue weighted by atomic mass is 9.96. The van der Waals surface area contributed by atoms with E-state index in [0.717, 1.165) is 35.7 Å². The van der Waals surface area contributed by atoms with Crippen molar-refractivity contribution in [2.24, 2.45) is 0 Å². The second-order valence-electron chi connectivity index (χ2n) is 5.42. The van der Waals surface area contributed by atoms with Gasteiger partial charge in [-0.3, -0.25) is 0 Å². The van der Waals surface area contributed by atoms with Crippen LogP contribution in [0.4, 0.5) is 10.1 Å². The summed E-state index contributed by atoms with van der Waals surface area (Å²) in [6.07, 6.45) is 2.01. The van der Waals surface area contributed by atoms with Crippen molar-refractivity contribution in [1.82, 2.24) is 0 Å². The molecule has 0 spiro atoms. The monoisotopic (exact) mass is 289 g/mol. The van der Waals surface area contributed by atoms with Crippen molar-refractivity contribution < 1.29 is 4.39 Å². The fourth-order valence-corrected chi connectivity index (χ4v) is 2.95. The molecule has 0 amide bonds. The molecule has 0 N–H and O–H groups in total. The Bertz CT molecular complexity index is 609. The van der Waals surface area contributed by atoms with Crippen LogP contribution in [0.3, 0.4) is 0 Å². The highest BCUT2D eigenvalue weighted by Gasteiger charge is 2.23. The number of benzene rings is 2. The highest BCUT2D eigenvalue weighted by Crippen LogP contribution is 2.32. The molecule has 0 radical (unpaired) electrons. The van der Waals surface area contributed by atoms with Gasteiger partial charge in [-0.25, -0.2) is 4.39 Å². The summed E-state index contributed by atoms with van der Waals surface area (Å²) in [5.74, 6) is -0.148. The molecule has 1 unspecified atom stereocenters. The summed E-state index contributed by atoms with van der Waals surface area (Å²) >= 11 is 5.93. The number of fused-ring (bicyclic) bond motifs is 1. The third-order valence-corrected chi connectivity index (χ3v) is 4.23. The van der Waals surface area contributed by atoms with Gasteiger partial charge in [0.15, 0.2) is 0 Å². The molecule has 1 nitrogen and oxygen atoms in total. The van der Waals surface area contributed by atoms with E-state index in [1.807, 2.05) is 30.3 Å². The summed E-state index contributed by atoms with van der Waals surface area (Å²) < 4.78 is 13.4. The Labute approximate surface area is 124 Å². The van der Waals surface area contributed by atoms with Crippen molar-refractivity contribution in [1.29, 1.82) is 0 Å². The molecule has 1 heterocycles. The van der Waals surface area contributed by atoms with Crippen molar-refractivity contribution >= 4 is 17.3 Å². The first-order valence-electron chi connectivity index (χ1n) is 6.93. The van der Waals surface area contributed by atoms with Gasteiger partial charge in [-0.15, -0.1) is 0 Å². The topological polar surface area (TPSA) is 3.24 Å². The molecule has 1 atom stereocenters. The standard InChI is InChI=1S/C17H17ClFN/c1-12-2-5-14-10-16(19)8-9-17(14)20(12)11-13-3-6-15(18)7-4-13/h3-4,6-10,12H,2,5,11H2,1H3. The first-order chi connectivity index (χ1) is 9.63. The lowest BCUT2D eigenvalue weighted by Crippen LogP contribution is -2.36. The molecule has 0 fully saturated rings. The average molecular weight is 290 g/mol. The second-order valence-corrected chi connectivity index (χ2v) is 5.85. The molecule has 2 aromatic rings. The van der Waals surface area contributed by atoms with E-state index >= 15 is 0 Å². The summed E-state index contributed by atoms with van der Waals surface area (Å²) in [6, 6.07) is 13.5.